The van der Waals surface area contributed by atoms with Crippen molar-refractivity contribution in [3.8, 4) is 0 Å². The SMILES string of the molecule is O=C1CN(CCCCc2ccccc2)C(C(=O)O)CN1. The third-order valence-electron chi connectivity index (χ3n) is 3.57. The van der Waals surface area contributed by atoms with Crippen molar-refractivity contribution in [2.45, 2.75) is 25.3 Å². The minimum absolute atomic E-state index is 0.0921. The molecule has 0 radical (unpaired) electrons. The van der Waals surface area contributed by atoms with Crippen LogP contribution >= 0.6 is 0 Å². The van der Waals surface area contributed by atoms with Gasteiger partial charge in [0.1, 0.15) is 6.04 Å². The van der Waals surface area contributed by atoms with Gasteiger partial charge in [0.25, 0.3) is 0 Å². The molecule has 1 atom stereocenters. The van der Waals surface area contributed by atoms with Crippen molar-refractivity contribution in [3.05, 3.63) is 35.9 Å². The zero-order valence-corrected chi connectivity index (χ0v) is 11.4. The molecular weight excluding hydrogens is 256 g/mol. The fourth-order valence-electron chi connectivity index (χ4n) is 2.46. The summed E-state index contributed by atoms with van der Waals surface area (Å²) in [4.78, 5) is 24.2. The lowest BCUT2D eigenvalue weighted by Crippen LogP contribution is -2.57. The quantitative estimate of drug-likeness (QED) is 0.757. The molecular formula is C15H20N2O3. The van der Waals surface area contributed by atoms with Gasteiger partial charge in [0.05, 0.1) is 6.54 Å². The summed E-state index contributed by atoms with van der Waals surface area (Å²) in [5, 5.41) is 11.7. The van der Waals surface area contributed by atoms with Crippen molar-refractivity contribution in [1.29, 1.82) is 0 Å². The summed E-state index contributed by atoms with van der Waals surface area (Å²) in [5.41, 5.74) is 1.29. The van der Waals surface area contributed by atoms with Gasteiger partial charge < -0.3 is 10.4 Å². The lowest BCUT2D eigenvalue weighted by atomic mass is 10.1. The molecule has 1 saturated heterocycles. The molecule has 1 heterocycles. The van der Waals surface area contributed by atoms with Crippen molar-refractivity contribution in [3.63, 3.8) is 0 Å². The molecule has 0 aliphatic carbocycles. The highest BCUT2D eigenvalue weighted by Crippen LogP contribution is 2.09. The van der Waals surface area contributed by atoms with Gasteiger partial charge in [0.15, 0.2) is 0 Å². The first kappa shape index (κ1) is 14.5. The van der Waals surface area contributed by atoms with Gasteiger partial charge in [0.2, 0.25) is 5.91 Å². The van der Waals surface area contributed by atoms with Gasteiger partial charge >= 0.3 is 5.97 Å². The molecule has 1 aromatic carbocycles. The number of hydrogen-bond acceptors (Lipinski definition) is 3. The van der Waals surface area contributed by atoms with E-state index in [1.165, 1.54) is 5.56 Å². The van der Waals surface area contributed by atoms with Crippen LogP contribution in [0.15, 0.2) is 30.3 Å². The Labute approximate surface area is 118 Å². The Kier molecular flexibility index (Phi) is 5.12. The number of benzene rings is 1. The first-order chi connectivity index (χ1) is 9.66. The summed E-state index contributed by atoms with van der Waals surface area (Å²) >= 11 is 0. The Hall–Kier alpha value is -1.88. The number of piperazine rings is 1. The molecule has 1 unspecified atom stereocenters. The number of rotatable bonds is 6. The maximum absolute atomic E-state index is 11.4. The number of unbranched alkanes of at least 4 members (excludes halogenated alkanes) is 1. The van der Waals surface area contributed by atoms with E-state index in [1.54, 1.807) is 4.90 Å². The second-order valence-corrected chi connectivity index (χ2v) is 5.07. The van der Waals surface area contributed by atoms with E-state index >= 15 is 0 Å². The normalized spacial score (nSPS) is 19.6. The largest absolute Gasteiger partial charge is 0.480 e. The fraction of sp³-hybridized carbons (Fsp3) is 0.467. The summed E-state index contributed by atoms with van der Waals surface area (Å²) in [6.07, 6.45) is 2.87. The molecule has 0 bridgehead atoms. The van der Waals surface area contributed by atoms with Gasteiger partial charge in [0, 0.05) is 6.54 Å². The minimum Gasteiger partial charge on any atom is -0.480 e. The second-order valence-electron chi connectivity index (χ2n) is 5.07. The summed E-state index contributed by atoms with van der Waals surface area (Å²) in [6, 6.07) is 9.62. The minimum atomic E-state index is -0.868. The Balaban J connectivity index is 1.76. The summed E-state index contributed by atoms with van der Waals surface area (Å²) < 4.78 is 0. The maximum Gasteiger partial charge on any atom is 0.322 e. The van der Waals surface area contributed by atoms with E-state index in [0.717, 1.165) is 19.3 Å². The van der Waals surface area contributed by atoms with E-state index in [4.69, 9.17) is 5.11 Å². The molecule has 1 fully saturated rings. The van der Waals surface area contributed by atoms with Gasteiger partial charge in [-0.1, -0.05) is 30.3 Å². The van der Waals surface area contributed by atoms with E-state index in [-0.39, 0.29) is 19.0 Å². The molecule has 0 spiro atoms. The Bertz CT molecular complexity index is 461. The molecule has 0 saturated carbocycles. The second kappa shape index (κ2) is 7.05. The van der Waals surface area contributed by atoms with Crippen LogP contribution in [0.3, 0.4) is 0 Å². The van der Waals surface area contributed by atoms with Crippen LogP contribution in [-0.2, 0) is 16.0 Å². The number of carbonyl (C=O) groups is 2. The number of aryl methyl sites for hydroxylation is 1. The highest BCUT2D eigenvalue weighted by molar-refractivity contribution is 5.83. The van der Waals surface area contributed by atoms with E-state index in [2.05, 4.69) is 17.4 Å². The first-order valence-electron chi connectivity index (χ1n) is 6.94. The lowest BCUT2D eigenvalue weighted by molar-refractivity contribution is -0.146. The van der Waals surface area contributed by atoms with Crippen LogP contribution < -0.4 is 5.32 Å². The Morgan fingerprint density at radius 1 is 1.30 bits per heavy atom. The van der Waals surface area contributed by atoms with Crippen molar-refractivity contribution in [2.75, 3.05) is 19.6 Å². The number of carbonyl (C=O) groups excluding carboxylic acids is 1. The molecule has 1 aliphatic rings. The van der Waals surface area contributed by atoms with Gasteiger partial charge in [-0.05, 0) is 31.4 Å². The molecule has 5 nitrogen and oxygen atoms in total. The highest BCUT2D eigenvalue weighted by atomic mass is 16.4. The number of carboxylic acids is 1. The first-order valence-corrected chi connectivity index (χ1v) is 6.94. The molecule has 2 N–H and O–H groups in total. The number of carboxylic acid groups (broad SMARTS) is 1. The van der Waals surface area contributed by atoms with Crippen molar-refractivity contribution in [1.82, 2.24) is 10.2 Å². The number of hydrogen-bond donors (Lipinski definition) is 2. The number of nitrogens with zero attached hydrogens (tertiary/aromatic N) is 1. The monoisotopic (exact) mass is 276 g/mol. The van der Waals surface area contributed by atoms with Crippen LogP contribution in [0, 0.1) is 0 Å². The average molecular weight is 276 g/mol. The van der Waals surface area contributed by atoms with Gasteiger partial charge in [-0.2, -0.15) is 0 Å². The van der Waals surface area contributed by atoms with Gasteiger partial charge in [-0.25, -0.2) is 0 Å². The summed E-state index contributed by atoms with van der Waals surface area (Å²) in [7, 11) is 0. The zero-order chi connectivity index (χ0) is 14.4. The summed E-state index contributed by atoms with van der Waals surface area (Å²) in [6.45, 7) is 1.03. The third-order valence-corrected chi connectivity index (χ3v) is 3.57. The third kappa shape index (κ3) is 4.06. The van der Waals surface area contributed by atoms with Gasteiger partial charge in [-0.3, -0.25) is 14.5 Å². The molecule has 1 aliphatic heterocycles. The number of amides is 1. The predicted molar refractivity (Wildman–Crippen MR) is 75.4 cm³/mol. The fourth-order valence-corrected chi connectivity index (χ4v) is 2.46. The molecule has 1 amide bonds. The standard InChI is InChI=1S/C15H20N2O3/c18-14-11-17(13(10-16-14)15(19)20)9-5-4-8-12-6-2-1-3-7-12/h1-3,6-7,13H,4-5,8-11H2,(H,16,18)(H,19,20). The predicted octanol–water partition coefficient (Wildman–Crippen LogP) is 0.894. The molecule has 2 rings (SSSR count). The average Bonchev–Trinajstić information content (AvgIpc) is 2.44. The van der Waals surface area contributed by atoms with E-state index in [9.17, 15) is 9.59 Å². The Morgan fingerprint density at radius 2 is 2.05 bits per heavy atom. The van der Waals surface area contributed by atoms with Crippen LogP contribution in [0.1, 0.15) is 18.4 Å². The molecule has 1 aromatic rings. The van der Waals surface area contributed by atoms with Crippen molar-refractivity contribution in [2.24, 2.45) is 0 Å². The lowest BCUT2D eigenvalue weighted by Gasteiger charge is -2.32. The van der Waals surface area contributed by atoms with Crippen LogP contribution in [0.4, 0.5) is 0 Å². The molecule has 108 valence electrons. The summed E-state index contributed by atoms with van der Waals surface area (Å²) in [5.74, 6) is -0.960. The van der Waals surface area contributed by atoms with Crippen molar-refractivity contribution >= 4 is 11.9 Å². The molecule has 20 heavy (non-hydrogen) atoms. The van der Waals surface area contributed by atoms with Crippen LogP contribution in [-0.4, -0.2) is 47.6 Å². The van der Waals surface area contributed by atoms with E-state index in [0.29, 0.717) is 6.54 Å². The zero-order valence-electron chi connectivity index (χ0n) is 11.4. The molecule has 5 heteroatoms. The van der Waals surface area contributed by atoms with Crippen molar-refractivity contribution < 1.29 is 14.7 Å². The topological polar surface area (TPSA) is 69.6 Å². The number of nitrogens with one attached hydrogen (secondary N) is 1. The van der Waals surface area contributed by atoms with E-state index < -0.39 is 12.0 Å². The van der Waals surface area contributed by atoms with Crippen LogP contribution in [0.25, 0.3) is 0 Å². The maximum atomic E-state index is 11.4. The van der Waals surface area contributed by atoms with Gasteiger partial charge in [-0.15, -0.1) is 0 Å². The smallest absolute Gasteiger partial charge is 0.322 e. The number of aliphatic carboxylic acids is 1. The van der Waals surface area contributed by atoms with Crippen LogP contribution in [0.5, 0.6) is 0 Å². The Morgan fingerprint density at radius 3 is 2.75 bits per heavy atom. The molecule has 0 aromatic heterocycles. The highest BCUT2D eigenvalue weighted by Gasteiger charge is 2.31. The van der Waals surface area contributed by atoms with E-state index in [1.807, 2.05) is 18.2 Å². The van der Waals surface area contributed by atoms with Crippen LogP contribution in [0.2, 0.25) is 0 Å².